The molecule has 0 unspecified atom stereocenters. The molecule has 0 bridgehead atoms. The van der Waals surface area contributed by atoms with E-state index in [9.17, 15) is 0 Å². The molecule has 0 aliphatic carbocycles. The zero-order chi connectivity index (χ0) is 10.8. The molecule has 5 nitrogen and oxygen atoms in total. The van der Waals surface area contributed by atoms with E-state index >= 15 is 0 Å². The highest BCUT2D eigenvalue weighted by Crippen LogP contribution is 2.15. The van der Waals surface area contributed by atoms with Gasteiger partial charge in [-0.1, -0.05) is 13.8 Å². The van der Waals surface area contributed by atoms with Crippen molar-refractivity contribution in [1.82, 2.24) is 24.5 Å². The van der Waals surface area contributed by atoms with E-state index in [1.54, 1.807) is 17.2 Å². The quantitative estimate of drug-likeness (QED) is 0.759. The molecule has 2 aromatic heterocycles. The van der Waals surface area contributed by atoms with E-state index in [2.05, 4.69) is 33.7 Å². The Balaban J connectivity index is 2.37. The second-order valence-electron chi connectivity index (χ2n) is 4.04. The fourth-order valence-electron chi connectivity index (χ4n) is 1.57. The molecule has 0 radical (unpaired) electrons. The number of nitrogens with zero attached hydrogens (tertiary/aromatic N) is 5. The van der Waals surface area contributed by atoms with Crippen molar-refractivity contribution in [3.8, 4) is 11.5 Å². The maximum Gasteiger partial charge on any atom is 0.182 e. The minimum atomic E-state index is 0.577. The number of hydrogen-bond acceptors (Lipinski definition) is 3. The van der Waals surface area contributed by atoms with Crippen molar-refractivity contribution in [2.24, 2.45) is 13.0 Å². The first-order valence-electron chi connectivity index (χ1n) is 5.04. The lowest BCUT2D eigenvalue weighted by Gasteiger charge is -2.08. The lowest BCUT2D eigenvalue weighted by molar-refractivity contribution is 0.524. The van der Waals surface area contributed by atoms with E-state index in [-0.39, 0.29) is 0 Å². The lowest BCUT2D eigenvalue weighted by atomic mass is 10.2. The average Bonchev–Trinajstić information content (AvgIpc) is 2.73. The van der Waals surface area contributed by atoms with Crippen LogP contribution >= 0.6 is 0 Å². The molecule has 0 amide bonds. The molecule has 5 heteroatoms. The summed E-state index contributed by atoms with van der Waals surface area (Å²) < 4.78 is 3.86. The SMILES string of the molecule is CC(C)Cn1cnnc1-c1ccnn1C. The minimum Gasteiger partial charge on any atom is -0.312 e. The summed E-state index contributed by atoms with van der Waals surface area (Å²) in [5, 5.41) is 12.2. The standard InChI is InChI=1S/C10H15N5/c1-8(2)6-15-7-11-13-10(15)9-4-5-12-14(9)3/h4-5,7-8H,6H2,1-3H3. The highest BCUT2D eigenvalue weighted by Gasteiger charge is 2.11. The third-order valence-electron chi connectivity index (χ3n) is 2.23. The second kappa shape index (κ2) is 3.84. The second-order valence-corrected chi connectivity index (χ2v) is 4.04. The molecule has 0 spiro atoms. The van der Waals surface area contributed by atoms with Crippen molar-refractivity contribution in [3.63, 3.8) is 0 Å². The molecule has 0 N–H and O–H groups in total. The van der Waals surface area contributed by atoms with Crippen LogP contribution in [0.25, 0.3) is 11.5 Å². The molecule has 0 saturated carbocycles. The smallest absolute Gasteiger partial charge is 0.182 e. The first kappa shape index (κ1) is 9.89. The maximum atomic E-state index is 4.13. The Labute approximate surface area is 88.7 Å². The molecule has 2 heterocycles. The molecule has 2 rings (SSSR count). The summed E-state index contributed by atoms with van der Waals surface area (Å²) >= 11 is 0. The summed E-state index contributed by atoms with van der Waals surface area (Å²) in [6.45, 7) is 5.27. The van der Waals surface area contributed by atoms with Crippen LogP contribution in [0.1, 0.15) is 13.8 Å². The van der Waals surface area contributed by atoms with Gasteiger partial charge < -0.3 is 4.57 Å². The predicted octanol–water partition coefficient (Wildman–Crippen LogP) is 1.33. The van der Waals surface area contributed by atoms with Gasteiger partial charge in [0.15, 0.2) is 5.82 Å². The number of hydrogen-bond donors (Lipinski definition) is 0. The van der Waals surface area contributed by atoms with Crippen molar-refractivity contribution < 1.29 is 0 Å². The number of rotatable bonds is 3. The highest BCUT2D eigenvalue weighted by molar-refractivity contribution is 5.48. The zero-order valence-electron chi connectivity index (χ0n) is 9.25. The van der Waals surface area contributed by atoms with Gasteiger partial charge in [0.2, 0.25) is 0 Å². The maximum absolute atomic E-state index is 4.13. The average molecular weight is 205 g/mol. The summed E-state index contributed by atoms with van der Waals surface area (Å²) in [6, 6.07) is 1.95. The van der Waals surface area contributed by atoms with Gasteiger partial charge in [-0.05, 0) is 12.0 Å². The van der Waals surface area contributed by atoms with Crippen LogP contribution in [-0.2, 0) is 13.6 Å². The van der Waals surface area contributed by atoms with Gasteiger partial charge in [-0.3, -0.25) is 4.68 Å². The van der Waals surface area contributed by atoms with Crippen LogP contribution in [0.4, 0.5) is 0 Å². The molecular formula is C10H15N5. The van der Waals surface area contributed by atoms with E-state index in [1.807, 2.05) is 13.1 Å². The minimum absolute atomic E-state index is 0.577. The van der Waals surface area contributed by atoms with Gasteiger partial charge in [0.1, 0.15) is 12.0 Å². The fraction of sp³-hybridized carbons (Fsp3) is 0.500. The van der Waals surface area contributed by atoms with Crippen LogP contribution in [0, 0.1) is 5.92 Å². The first-order chi connectivity index (χ1) is 7.18. The molecule has 0 saturated heterocycles. The Morgan fingerprint density at radius 1 is 1.40 bits per heavy atom. The van der Waals surface area contributed by atoms with Crippen molar-refractivity contribution in [2.75, 3.05) is 0 Å². The molecule has 80 valence electrons. The van der Waals surface area contributed by atoms with Crippen LogP contribution < -0.4 is 0 Å². The Morgan fingerprint density at radius 2 is 2.20 bits per heavy atom. The van der Waals surface area contributed by atoms with Crippen molar-refractivity contribution in [1.29, 1.82) is 0 Å². The van der Waals surface area contributed by atoms with Crippen molar-refractivity contribution >= 4 is 0 Å². The zero-order valence-corrected chi connectivity index (χ0v) is 9.25. The van der Waals surface area contributed by atoms with E-state index in [0.29, 0.717) is 5.92 Å². The van der Waals surface area contributed by atoms with Gasteiger partial charge in [0, 0.05) is 19.8 Å². The van der Waals surface area contributed by atoms with E-state index < -0.39 is 0 Å². The van der Waals surface area contributed by atoms with E-state index in [0.717, 1.165) is 18.1 Å². The van der Waals surface area contributed by atoms with E-state index in [1.165, 1.54) is 0 Å². The molecular weight excluding hydrogens is 190 g/mol. The van der Waals surface area contributed by atoms with Gasteiger partial charge >= 0.3 is 0 Å². The normalized spacial score (nSPS) is 11.2. The topological polar surface area (TPSA) is 48.5 Å². The van der Waals surface area contributed by atoms with Gasteiger partial charge in [0.05, 0.1) is 0 Å². The predicted molar refractivity (Wildman–Crippen MR) is 57.1 cm³/mol. The molecule has 0 aliphatic rings. The first-order valence-corrected chi connectivity index (χ1v) is 5.04. The lowest BCUT2D eigenvalue weighted by Crippen LogP contribution is -2.07. The largest absolute Gasteiger partial charge is 0.312 e. The van der Waals surface area contributed by atoms with Crippen molar-refractivity contribution in [3.05, 3.63) is 18.6 Å². The summed E-state index contributed by atoms with van der Waals surface area (Å²) in [7, 11) is 1.91. The number of aromatic nitrogens is 5. The Hall–Kier alpha value is -1.65. The van der Waals surface area contributed by atoms with E-state index in [4.69, 9.17) is 0 Å². The Kier molecular flexibility index (Phi) is 2.53. The monoisotopic (exact) mass is 205 g/mol. The summed E-state index contributed by atoms with van der Waals surface area (Å²) in [6.07, 6.45) is 3.53. The molecule has 15 heavy (non-hydrogen) atoms. The summed E-state index contributed by atoms with van der Waals surface area (Å²) in [5.74, 6) is 1.46. The molecule has 0 fully saturated rings. The summed E-state index contributed by atoms with van der Waals surface area (Å²) in [5.41, 5.74) is 0.994. The van der Waals surface area contributed by atoms with Gasteiger partial charge in [-0.25, -0.2) is 0 Å². The molecule has 2 aromatic rings. The third-order valence-corrected chi connectivity index (χ3v) is 2.23. The number of aryl methyl sites for hydroxylation is 1. The van der Waals surface area contributed by atoms with Crippen LogP contribution in [-0.4, -0.2) is 24.5 Å². The Bertz CT molecular complexity index is 440. The van der Waals surface area contributed by atoms with Crippen LogP contribution in [0.15, 0.2) is 18.6 Å². The van der Waals surface area contributed by atoms with Crippen LogP contribution in [0.5, 0.6) is 0 Å². The van der Waals surface area contributed by atoms with Crippen molar-refractivity contribution in [2.45, 2.75) is 20.4 Å². The molecule has 0 aromatic carbocycles. The molecule has 0 aliphatic heterocycles. The fourth-order valence-corrected chi connectivity index (χ4v) is 1.57. The highest BCUT2D eigenvalue weighted by atomic mass is 15.3. The van der Waals surface area contributed by atoms with Crippen LogP contribution in [0.3, 0.4) is 0 Å². The van der Waals surface area contributed by atoms with Gasteiger partial charge in [-0.2, -0.15) is 5.10 Å². The molecule has 0 atom stereocenters. The summed E-state index contributed by atoms with van der Waals surface area (Å²) in [4.78, 5) is 0. The Morgan fingerprint density at radius 3 is 2.80 bits per heavy atom. The van der Waals surface area contributed by atoms with Gasteiger partial charge in [0.25, 0.3) is 0 Å². The third kappa shape index (κ3) is 1.91. The van der Waals surface area contributed by atoms with Gasteiger partial charge in [-0.15, -0.1) is 10.2 Å². The van der Waals surface area contributed by atoms with Crippen LogP contribution in [0.2, 0.25) is 0 Å².